The van der Waals surface area contributed by atoms with Gasteiger partial charge in [0.2, 0.25) is 5.91 Å². The van der Waals surface area contributed by atoms with Crippen molar-refractivity contribution in [2.75, 3.05) is 10.0 Å². The van der Waals surface area contributed by atoms with Crippen LogP contribution >= 0.6 is 11.8 Å². The lowest BCUT2D eigenvalue weighted by Crippen LogP contribution is -2.19. The number of aryl methyl sites for hydroxylation is 1. The highest BCUT2D eigenvalue weighted by Crippen LogP contribution is 2.36. The molecule has 0 aliphatic heterocycles. The minimum Gasteiger partial charge on any atom is -0.325 e. The predicted octanol–water partition coefficient (Wildman–Crippen LogP) is 6.27. The first-order valence-corrected chi connectivity index (χ1v) is 13.0. The van der Waals surface area contributed by atoms with Crippen LogP contribution < -0.4 is 10.0 Å². The molecule has 0 aromatic heterocycles. The van der Waals surface area contributed by atoms with Crippen molar-refractivity contribution in [2.24, 2.45) is 0 Å². The first-order chi connectivity index (χ1) is 16.4. The fourth-order valence-corrected chi connectivity index (χ4v) is 5.40. The van der Waals surface area contributed by atoms with Gasteiger partial charge in [0.1, 0.15) is 5.25 Å². The highest BCUT2D eigenvalue weighted by atomic mass is 32.2. The van der Waals surface area contributed by atoms with Crippen molar-refractivity contribution in [3.8, 4) is 0 Å². The normalized spacial score (nSPS) is 12.0. The van der Waals surface area contributed by atoms with Gasteiger partial charge in [-0.25, -0.2) is 8.42 Å². The van der Waals surface area contributed by atoms with Crippen LogP contribution in [0.5, 0.6) is 0 Å². The summed E-state index contributed by atoms with van der Waals surface area (Å²) in [6.45, 7) is 1.94. The van der Waals surface area contributed by atoms with Crippen LogP contribution in [0.15, 0.2) is 119 Å². The van der Waals surface area contributed by atoms with E-state index < -0.39 is 15.3 Å². The Morgan fingerprint density at radius 3 is 1.91 bits per heavy atom. The monoisotopic (exact) mass is 488 g/mol. The van der Waals surface area contributed by atoms with E-state index in [2.05, 4.69) is 10.0 Å². The van der Waals surface area contributed by atoms with Gasteiger partial charge >= 0.3 is 0 Å². The lowest BCUT2D eigenvalue weighted by atomic mass is 10.1. The molecule has 4 aromatic rings. The molecule has 0 spiro atoms. The van der Waals surface area contributed by atoms with E-state index in [9.17, 15) is 13.2 Å². The van der Waals surface area contributed by atoms with E-state index in [1.54, 1.807) is 24.3 Å². The maximum Gasteiger partial charge on any atom is 0.261 e. The molecule has 2 N–H and O–H groups in total. The summed E-state index contributed by atoms with van der Waals surface area (Å²) < 4.78 is 28.0. The van der Waals surface area contributed by atoms with Crippen molar-refractivity contribution in [3.63, 3.8) is 0 Å². The summed E-state index contributed by atoms with van der Waals surface area (Å²) in [6.07, 6.45) is 0. The lowest BCUT2D eigenvalue weighted by Gasteiger charge is -2.17. The van der Waals surface area contributed by atoms with E-state index >= 15 is 0 Å². The van der Waals surface area contributed by atoms with E-state index in [0.717, 1.165) is 16.0 Å². The quantitative estimate of drug-likeness (QED) is 0.287. The van der Waals surface area contributed by atoms with Crippen LogP contribution in [0.3, 0.4) is 0 Å². The molecule has 0 radical (unpaired) electrons. The average Bonchev–Trinajstić information content (AvgIpc) is 2.85. The van der Waals surface area contributed by atoms with Crippen LogP contribution in [-0.4, -0.2) is 14.3 Å². The molecule has 0 heterocycles. The van der Waals surface area contributed by atoms with E-state index in [1.165, 1.54) is 23.9 Å². The number of anilines is 2. The smallest absolute Gasteiger partial charge is 0.261 e. The zero-order chi connectivity index (χ0) is 24.0. The Kier molecular flexibility index (Phi) is 7.35. The molecule has 4 aromatic carbocycles. The second-order valence-corrected chi connectivity index (χ2v) is 10.6. The fourth-order valence-electron chi connectivity index (χ4n) is 3.30. The number of carbonyl (C=O) groups is 1. The van der Waals surface area contributed by atoms with Gasteiger partial charge in [0.05, 0.1) is 4.90 Å². The summed E-state index contributed by atoms with van der Waals surface area (Å²) in [5.41, 5.74) is 2.94. The second kappa shape index (κ2) is 10.6. The highest BCUT2D eigenvalue weighted by molar-refractivity contribution is 8.00. The number of nitrogens with one attached hydrogen (secondary N) is 2. The molecule has 0 bridgehead atoms. The summed E-state index contributed by atoms with van der Waals surface area (Å²) >= 11 is 1.46. The molecular weight excluding hydrogens is 464 g/mol. The van der Waals surface area contributed by atoms with E-state index in [4.69, 9.17) is 0 Å². The van der Waals surface area contributed by atoms with Gasteiger partial charge in [0.15, 0.2) is 0 Å². The zero-order valence-electron chi connectivity index (χ0n) is 18.5. The highest BCUT2D eigenvalue weighted by Gasteiger charge is 2.22. The van der Waals surface area contributed by atoms with Gasteiger partial charge in [-0.05, 0) is 61.0 Å². The molecule has 1 atom stereocenters. The molecule has 34 heavy (non-hydrogen) atoms. The molecule has 0 aliphatic carbocycles. The lowest BCUT2D eigenvalue weighted by molar-refractivity contribution is -0.115. The summed E-state index contributed by atoms with van der Waals surface area (Å²) in [6, 6.07) is 32.6. The molecule has 0 unspecified atom stereocenters. The van der Waals surface area contributed by atoms with Gasteiger partial charge in [-0.15, -0.1) is 11.8 Å². The standard InChI is InChI=1S/C27H24N2O3S2/c1-20-12-14-23(15-13-20)29-34(31,32)25-18-16-22(17-19-25)28-27(30)26(21-8-4-2-5-9-21)33-24-10-6-3-7-11-24/h2-19,26,29H,1H3,(H,28,30)/t26-/m0/s1. The molecule has 5 nitrogen and oxygen atoms in total. The third-order valence-corrected chi connectivity index (χ3v) is 7.74. The molecule has 1 amide bonds. The number of benzene rings is 4. The summed E-state index contributed by atoms with van der Waals surface area (Å²) in [5, 5.41) is 2.46. The summed E-state index contributed by atoms with van der Waals surface area (Å²) in [7, 11) is -3.74. The number of rotatable bonds is 8. The SMILES string of the molecule is Cc1ccc(NS(=O)(=O)c2ccc(NC(=O)[C@@H](Sc3ccccc3)c3ccccc3)cc2)cc1. The van der Waals surface area contributed by atoms with E-state index in [0.29, 0.717) is 11.4 Å². The first-order valence-electron chi connectivity index (χ1n) is 10.7. The van der Waals surface area contributed by atoms with Crippen molar-refractivity contribution < 1.29 is 13.2 Å². The van der Waals surface area contributed by atoms with Crippen molar-refractivity contribution in [1.29, 1.82) is 0 Å². The topological polar surface area (TPSA) is 75.3 Å². The number of hydrogen-bond donors (Lipinski definition) is 2. The van der Waals surface area contributed by atoms with E-state index in [-0.39, 0.29) is 10.8 Å². The van der Waals surface area contributed by atoms with Crippen LogP contribution in [0.4, 0.5) is 11.4 Å². The number of carbonyl (C=O) groups excluding carboxylic acids is 1. The Morgan fingerprint density at radius 1 is 0.735 bits per heavy atom. The Labute approximate surface area is 204 Å². The first kappa shape index (κ1) is 23.6. The summed E-state index contributed by atoms with van der Waals surface area (Å²) in [5.74, 6) is -0.187. The van der Waals surface area contributed by atoms with E-state index in [1.807, 2.05) is 79.7 Å². The molecular formula is C27H24N2O3S2. The van der Waals surface area contributed by atoms with Crippen molar-refractivity contribution in [3.05, 3.63) is 120 Å². The van der Waals surface area contributed by atoms with Crippen LogP contribution in [0.2, 0.25) is 0 Å². The van der Waals surface area contributed by atoms with Crippen LogP contribution in [0.1, 0.15) is 16.4 Å². The van der Waals surface area contributed by atoms with Gasteiger partial charge in [0.25, 0.3) is 10.0 Å². The number of hydrogen-bond acceptors (Lipinski definition) is 4. The molecule has 4 rings (SSSR count). The average molecular weight is 489 g/mol. The van der Waals surface area contributed by atoms with Crippen LogP contribution in [0, 0.1) is 6.92 Å². The van der Waals surface area contributed by atoms with Crippen molar-refractivity contribution >= 4 is 39.1 Å². The van der Waals surface area contributed by atoms with Gasteiger partial charge in [-0.3, -0.25) is 9.52 Å². The molecule has 0 fully saturated rings. The maximum atomic E-state index is 13.2. The Bertz CT molecular complexity index is 1340. The Balaban J connectivity index is 1.49. The van der Waals surface area contributed by atoms with Gasteiger partial charge < -0.3 is 5.32 Å². The second-order valence-electron chi connectivity index (χ2n) is 7.71. The Morgan fingerprint density at radius 2 is 1.29 bits per heavy atom. The molecule has 0 saturated carbocycles. The maximum absolute atomic E-state index is 13.2. The molecule has 0 aliphatic rings. The van der Waals surface area contributed by atoms with Gasteiger partial charge in [0, 0.05) is 16.3 Å². The van der Waals surface area contributed by atoms with Crippen LogP contribution in [0.25, 0.3) is 0 Å². The molecule has 0 saturated heterocycles. The van der Waals surface area contributed by atoms with Gasteiger partial charge in [-0.1, -0.05) is 66.2 Å². The predicted molar refractivity (Wildman–Crippen MR) is 139 cm³/mol. The summed E-state index contributed by atoms with van der Waals surface area (Å²) in [4.78, 5) is 14.3. The minimum atomic E-state index is -3.74. The fraction of sp³-hybridized carbons (Fsp3) is 0.0741. The zero-order valence-corrected chi connectivity index (χ0v) is 20.1. The number of thioether (sulfide) groups is 1. The number of sulfonamides is 1. The Hall–Kier alpha value is -3.55. The largest absolute Gasteiger partial charge is 0.325 e. The molecule has 172 valence electrons. The van der Waals surface area contributed by atoms with Crippen LogP contribution in [-0.2, 0) is 14.8 Å². The van der Waals surface area contributed by atoms with Crippen molar-refractivity contribution in [2.45, 2.75) is 22.0 Å². The minimum absolute atomic E-state index is 0.115. The third-order valence-electron chi connectivity index (χ3n) is 5.07. The third kappa shape index (κ3) is 6.07. The van der Waals surface area contributed by atoms with Crippen molar-refractivity contribution in [1.82, 2.24) is 0 Å². The molecule has 7 heteroatoms. The number of amides is 1. The van der Waals surface area contributed by atoms with Gasteiger partial charge in [-0.2, -0.15) is 0 Å².